The number of anilines is 1. The Kier molecular flexibility index (Phi) is 2.57. The van der Waals surface area contributed by atoms with Crippen LogP contribution >= 0.6 is 12.4 Å². The summed E-state index contributed by atoms with van der Waals surface area (Å²) < 4.78 is 0. The van der Waals surface area contributed by atoms with Crippen LogP contribution in [0.5, 0.6) is 0 Å². The van der Waals surface area contributed by atoms with Crippen LogP contribution in [0, 0.1) is 11.3 Å². The summed E-state index contributed by atoms with van der Waals surface area (Å²) in [6.45, 7) is 0.760. The van der Waals surface area contributed by atoms with Gasteiger partial charge in [-0.1, -0.05) is 18.2 Å². The Morgan fingerprint density at radius 1 is 1.42 bits per heavy atom. The van der Waals surface area contributed by atoms with Gasteiger partial charge in [-0.25, -0.2) is 0 Å². The van der Waals surface area contributed by atoms with Gasteiger partial charge in [-0.15, -0.1) is 12.4 Å². The number of nitrogens with zero attached hydrogens (tertiary/aromatic N) is 1. The highest BCUT2D eigenvalue weighted by Crippen LogP contribution is 2.29. The molecular weight excluding hydrogens is 172 g/mol. The van der Waals surface area contributed by atoms with Crippen molar-refractivity contribution in [3.05, 3.63) is 29.8 Å². The smallest absolute Gasteiger partial charge is 0.0904 e. The molecule has 1 atom stereocenters. The molecule has 0 amide bonds. The summed E-state index contributed by atoms with van der Waals surface area (Å²) in [6.07, 6.45) is 0. The van der Waals surface area contributed by atoms with E-state index in [1.165, 1.54) is 0 Å². The molecule has 1 aromatic rings. The second kappa shape index (κ2) is 3.46. The number of nitriles is 1. The number of rotatable bonds is 0. The largest absolute Gasteiger partial charge is 0.383 e. The first kappa shape index (κ1) is 8.89. The Bertz CT molecular complexity index is 317. The minimum atomic E-state index is 0. The lowest BCUT2D eigenvalue weighted by molar-refractivity contribution is 0.963. The van der Waals surface area contributed by atoms with Crippen LogP contribution in [0.2, 0.25) is 0 Å². The van der Waals surface area contributed by atoms with Gasteiger partial charge in [0.05, 0.1) is 12.0 Å². The molecule has 1 aromatic carbocycles. The second-order valence-electron chi connectivity index (χ2n) is 2.65. The Morgan fingerprint density at radius 3 is 2.92 bits per heavy atom. The molecule has 62 valence electrons. The third kappa shape index (κ3) is 1.24. The maximum atomic E-state index is 8.72. The first-order valence-corrected chi connectivity index (χ1v) is 3.64. The summed E-state index contributed by atoms with van der Waals surface area (Å²) in [4.78, 5) is 0. The quantitative estimate of drug-likeness (QED) is 0.664. The minimum absolute atomic E-state index is 0. The van der Waals surface area contributed by atoms with Gasteiger partial charge < -0.3 is 5.32 Å². The van der Waals surface area contributed by atoms with E-state index in [1.807, 2.05) is 24.3 Å². The zero-order valence-electron chi connectivity index (χ0n) is 6.45. The van der Waals surface area contributed by atoms with Crippen LogP contribution in [-0.4, -0.2) is 6.54 Å². The highest BCUT2D eigenvalue weighted by atomic mass is 35.5. The molecule has 1 aliphatic heterocycles. The molecule has 0 bridgehead atoms. The van der Waals surface area contributed by atoms with E-state index in [1.54, 1.807) is 0 Å². The average Bonchev–Trinajstić information content (AvgIpc) is 2.47. The third-order valence-electron chi connectivity index (χ3n) is 1.99. The highest BCUT2D eigenvalue weighted by molar-refractivity contribution is 5.85. The van der Waals surface area contributed by atoms with Crippen molar-refractivity contribution in [3.8, 4) is 6.07 Å². The van der Waals surface area contributed by atoms with Crippen LogP contribution in [0.25, 0.3) is 0 Å². The van der Waals surface area contributed by atoms with E-state index >= 15 is 0 Å². The zero-order valence-corrected chi connectivity index (χ0v) is 7.27. The average molecular weight is 181 g/mol. The van der Waals surface area contributed by atoms with Gasteiger partial charge >= 0.3 is 0 Å². The van der Waals surface area contributed by atoms with E-state index < -0.39 is 0 Å². The van der Waals surface area contributed by atoms with Crippen LogP contribution < -0.4 is 5.32 Å². The standard InChI is InChI=1S/C9H8N2.ClH/c10-5-7-6-11-9-4-2-1-3-8(7)9;/h1-4,7,11H,6H2;1H. The van der Waals surface area contributed by atoms with Gasteiger partial charge in [0.1, 0.15) is 0 Å². The first-order chi connectivity index (χ1) is 5.42. The van der Waals surface area contributed by atoms with Crippen molar-refractivity contribution in [1.29, 1.82) is 5.26 Å². The molecule has 0 aliphatic carbocycles. The lowest BCUT2D eigenvalue weighted by Crippen LogP contribution is -1.97. The number of nitrogens with one attached hydrogen (secondary N) is 1. The first-order valence-electron chi connectivity index (χ1n) is 3.64. The maximum Gasteiger partial charge on any atom is 0.0904 e. The van der Waals surface area contributed by atoms with Gasteiger partial charge in [0.25, 0.3) is 0 Å². The monoisotopic (exact) mass is 180 g/mol. The summed E-state index contributed by atoms with van der Waals surface area (Å²) in [5, 5.41) is 11.9. The molecule has 3 heteroatoms. The molecule has 2 nitrogen and oxygen atoms in total. The van der Waals surface area contributed by atoms with Gasteiger partial charge in [-0.3, -0.25) is 0 Å². The molecule has 1 N–H and O–H groups in total. The number of hydrogen-bond acceptors (Lipinski definition) is 2. The van der Waals surface area contributed by atoms with E-state index in [2.05, 4.69) is 11.4 Å². The van der Waals surface area contributed by atoms with Crippen molar-refractivity contribution in [1.82, 2.24) is 0 Å². The van der Waals surface area contributed by atoms with Gasteiger partial charge in [0.2, 0.25) is 0 Å². The summed E-state index contributed by atoms with van der Waals surface area (Å²) in [6, 6.07) is 10.2. The number of hydrogen-bond donors (Lipinski definition) is 1. The maximum absolute atomic E-state index is 8.72. The number of halogens is 1. The van der Waals surface area contributed by atoms with E-state index in [0.29, 0.717) is 0 Å². The molecule has 1 heterocycles. The molecule has 12 heavy (non-hydrogen) atoms. The predicted octanol–water partition coefficient (Wildman–Crippen LogP) is 2.14. The van der Waals surface area contributed by atoms with Crippen molar-refractivity contribution in [2.75, 3.05) is 11.9 Å². The van der Waals surface area contributed by atoms with E-state index in [9.17, 15) is 0 Å². The Morgan fingerprint density at radius 2 is 2.17 bits per heavy atom. The minimum Gasteiger partial charge on any atom is -0.383 e. The van der Waals surface area contributed by atoms with Crippen molar-refractivity contribution >= 4 is 18.1 Å². The van der Waals surface area contributed by atoms with E-state index in [0.717, 1.165) is 17.8 Å². The van der Waals surface area contributed by atoms with Gasteiger partial charge in [0.15, 0.2) is 0 Å². The molecule has 1 aliphatic rings. The molecule has 2 rings (SSSR count). The van der Waals surface area contributed by atoms with Gasteiger partial charge in [-0.05, 0) is 11.6 Å². The van der Waals surface area contributed by atoms with Gasteiger partial charge in [-0.2, -0.15) is 5.26 Å². The van der Waals surface area contributed by atoms with Crippen molar-refractivity contribution in [2.45, 2.75) is 5.92 Å². The Hall–Kier alpha value is -1.20. The lowest BCUT2D eigenvalue weighted by atomic mass is 10.0. The summed E-state index contributed by atoms with van der Waals surface area (Å²) in [5.74, 6) is 0.0474. The van der Waals surface area contributed by atoms with E-state index in [-0.39, 0.29) is 18.3 Å². The fraction of sp³-hybridized carbons (Fsp3) is 0.222. The van der Waals surface area contributed by atoms with Gasteiger partial charge in [0, 0.05) is 12.2 Å². The zero-order chi connectivity index (χ0) is 7.68. The fourth-order valence-corrected chi connectivity index (χ4v) is 1.40. The SMILES string of the molecule is Cl.N#CC1CNc2ccccc21. The van der Waals surface area contributed by atoms with Crippen molar-refractivity contribution in [3.63, 3.8) is 0 Å². The number of benzene rings is 1. The normalized spacial score (nSPS) is 18.4. The van der Waals surface area contributed by atoms with Crippen LogP contribution in [0.4, 0.5) is 5.69 Å². The van der Waals surface area contributed by atoms with Crippen LogP contribution in [0.15, 0.2) is 24.3 Å². The number of fused-ring (bicyclic) bond motifs is 1. The molecule has 1 unspecified atom stereocenters. The fourth-order valence-electron chi connectivity index (χ4n) is 1.40. The Labute approximate surface area is 77.6 Å². The number of para-hydroxylation sites is 1. The molecule has 0 saturated heterocycles. The lowest BCUT2D eigenvalue weighted by Gasteiger charge is -1.96. The predicted molar refractivity (Wildman–Crippen MR) is 50.5 cm³/mol. The molecule has 0 aromatic heterocycles. The van der Waals surface area contributed by atoms with Crippen LogP contribution in [0.3, 0.4) is 0 Å². The topological polar surface area (TPSA) is 35.8 Å². The molecule has 0 radical (unpaired) electrons. The molecule has 0 saturated carbocycles. The van der Waals surface area contributed by atoms with Crippen LogP contribution in [-0.2, 0) is 0 Å². The molecule has 0 spiro atoms. The van der Waals surface area contributed by atoms with Crippen molar-refractivity contribution in [2.24, 2.45) is 0 Å². The summed E-state index contributed by atoms with van der Waals surface area (Å²) in [7, 11) is 0. The summed E-state index contributed by atoms with van der Waals surface area (Å²) >= 11 is 0. The van der Waals surface area contributed by atoms with Crippen LogP contribution in [0.1, 0.15) is 11.5 Å². The molecular formula is C9H9ClN2. The van der Waals surface area contributed by atoms with Crippen molar-refractivity contribution < 1.29 is 0 Å². The second-order valence-corrected chi connectivity index (χ2v) is 2.65. The summed E-state index contributed by atoms with van der Waals surface area (Å²) in [5.41, 5.74) is 2.24. The van der Waals surface area contributed by atoms with E-state index in [4.69, 9.17) is 5.26 Å². The molecule has 0 fully saturated rings. The Balaban J connectivity index is 0.000000720. The highest BCUT2D eigenvalue weighted by Gasteiger charge is 2.19. The third-order valence-corrected chi connectivity index (χ3v) is 1.99.